The van der Waals surface area contributed by atoms with Gasteiger partial charge in [0.2, 0.25) is 5.88 Å². The number of halogens is 1. The molecule has 2 aromatic heterocycles. The molecule has 0 radical (unpaired) electrons. The van der Waals surface area contributed by atoms with Gasteiger partial charge in [-0.15, -0.1) is 0 Å². The van der Waals surface area contributed by atoms with Crippen molar-refractivity contribution in [3.8, 4) is 22.4 Å². The van der Waals surface area contributed by atoms with Crippen LogP contribution in [0.4, 0.5) is 10.3 Å². The van der Waals surface area contributed by atoms with Gasteiger partial charge in [0.15, 0.2) is 0 Å². The molecular weight excluding hydrogens is 247 g/mol. The smallest absolute Gasteiger partial charge is 0.230 e. The lowest BCUT2D eigenvalue weighted by molar-refractivity contribution is 0.439. The molecule has 0 aliphatic rings. The molecule has 0 unspecified atom stereocenters. The predicted octanol–water partition coefficient (Wildman–Crippen LogP) is 2.52. The van der Waals surface area contributed by atoms with Crippen LogP contribution in [-0.4, -0.2) is 15.4 Å². The maximum atomic E-state index is 13.9. The average Bonchev–Trinajstić information content (AvgIpc) is 2.82. The van der Waals surface area contributed by atoms with Gasteiger partial charge in [-0.3, -0.25) is 0 Å². The van der Waals surface area contributed by atoms with Crippen molar-refractivity contribution in [2.24, 2.45) is 0 Å². The van der Waals surface area contributed by atoms with Crippen molar-refractivity contribution in [1.29, 1.82) is 0 Å². The molecule has 5 nitrogen and oxygen atoms in total. The van der Waals surface area contributed by atoms with Crippen LogP contribution in [0.1, 0.15) is 0 Å². The Labute approximate surface area is 107 Å². The van der Waals surface area contributed by atoms with Crippen molar-refractivity contribution in [2.75, 3.05) is 5.73 Å². The van der Waals surface area contributed by atoms with E-state index in [1.807, 2.05) is 0 Å². The van der Waals surface area contributed by atoms with E-state index in [1.54, 1.807) is 24.3 Å². The zero-order valence-electron chi connectivity index (χ0n) is 9.75. The molecular formula is C13H9FN4O. The normalized spacial score (nSPS) is 10.6. The van der Waals surface area contributed by atoms with Gasteiger partial charge in [0.05, 0.1) is 18.0 Å². The first kappa shape index (κ1) is 11.3. The van der Waals surface area contributed by atoms with Gasteiger partial charge in [0, 0.05) is 11.1 Å². The van der Waals surface area contributed by atoms with E-state index in [-0.39, 0.29) is 11.7 Å². The van der Waals surface area contributed by atoms with Crippen LogP contribution in [0.15, 0.2) is 47.2 Å². The number of hydrogen-bond donors (Lipinski definition) is 1. The van der Waals surface area contributed by atoms with Crippen molar-refractivity contribution >= 4 is 5.88 Å². The molecule has 0 atom stereocenters. The average molecular weight is 256 g/mol. The third-order valence-electron chi connectivity index (χ3n) is 2.72. The number of hydrogen-bond acceptors (Lipinski definition) is 5. The Hall–Kier alpha value is -2.76. The molecule has 2 heterocycles. The Morgan fingerprint density at radius 3 is 2.68 bits per heavy atom. The highest BCUT2D eigenvalue weighted by molar-refractivity contribution is 5.86. The summed E-state index contributed by atoms with van der Waals surface area (Å²) in [5.41, 5.74) is 7.61. The van der Waals surface area contributed by atoms with Crippen molar-refractivity contribution in [3.05, 3.63) is 48.5 Å². The molecule has 0 aliphatic carbocycles. The molecule has 2 N–H and O–H groups in total. The number of nitrogen functional groups attached to an aromatic ring is 1. The number of aromatic nitrogens is 3. The Kier molecular flexibility index (Phi) is 2.68. The predicted molar refractivity (Wildman–Crippen MR) is 67.3 cm³/mol. The van der Waals surface area contributed by atoms with E-state index >= 15 is 0 Å². The molecule has 0 bridgehead atoms. The zero-order valence-corrected chi connectivity index (χ0v) is 9.75. The summed E-state index contributed by atoms with van der Waals surface area (Å²) in [5, 5.41) is 11.3. The SMILES string of the molecule is Nc1onc(-c2ccnnc2)c1-c1ccccc1F. The van der Waals surface area contributed by atoms with Crippen LogP contribution in [0.3, 0.4) is 0 Å². The molecule has 0 amide bonds. The number of nitrogens with zero attached hydrogens (tertiary/aromatic N) is 3. The lowest BCUT2D eigenvalue weighted by atomic mass is 10.0. The Morgan fingerprint density at radius 2 is 1.95 bits per heavy atom. The maximum Gasteiger partial charge on any atom is 0.230 e. The number of anilines is 1. The summed E-state index contributed by atoms with van der Waals surface area (Å²) >= 11 is 0. The summed E-state index contributed by atoms with van der Waals surface area (Å²) in [6.07, 6.45) is 3.03. The van der Waals surface area contributed by atoms with Gasteiger partial charge in [-0.2, -0.15) is 10.2 Å². The number of rotatable bonds is 2. The van der Waals surface area contributed by atoms with E-state index in [9.17, 15) is 4.39 Å². The molecule has 19 heavy (non-hydrogen) atoms. The quantitative estimate of drug-likeness (QED) is 0.762. The minimum atomic E-state index is -0.388. The summed E-state index contributed by atoms with van der Waals surface area (Å²) in [6, 6.07) is 8.01. The summed E-state index contributed by atoms with van der Waals surface area (Å²) in [6.45, 7) is 0. The molecule has 0 saturated heterocycles. The van der Waals surface area contributed by atoms with Crippen LogP contribution in [-0.2, 0) is 0 Å². The maximum absolute atomic E-state index is 13.9. The first-order valence-electron chi connectivity index (χ1n) is 5.54. The van der Waals surface area contributed by atoms with Gasteiger partial charge in [-0.25, -0.2) is 4.39 Å². The Bertz CT molecular complexity index is 712. The molecule has 0 saturated carbocycles. The minimum Gasteiger partial charge on any atom is -0.367 e. The first-order valence-corrected chi connectivity index (χ1v) is 5.54. The molecule has 6 heteroatoms. The van der Waals surface area contributed by atoms with Crippen molar-refractivity contribution in [3.63, 3.8) is 0 Å². The van der Waals surface area contributed by atoms with Gasteiger partial charge < -0.3 is 10.3 Å². The number of nitrogens with two attached hydrogens (primary N) is 1. The van der Waals surface area contributed by atoms with Crippen LogP contribution in [0, 0.1) is 5.82 Å². The van der Waals surface area contributed by atoms with Crippen molar-refractivity contribution in [2.45, 2.75) is 0 Å². The summed E-state index contributed by atoms with van der Waals surface area (Å²) < 4.78 is 18.8. The largest absolute Gasteiger partial charge is 0.367 e. The lowest BCUT2D eigenvalue weighted by Crippen LogP contribution is -1.91. The van der Waals surface area contributed by atoms with Crippen LogP contribution >= 0.6 is 0 Å². The summed E-state index contributed by atoms with van der Waals surface area (Å²) in [4.78, 5) is 0. The topological polar surface area (TPSA) is 77.8 Å². The van der Waals surface area contributed by atoms with Gasteiger partial charge in [0.1, 0.15) is 11.5 Å². The fourth-order valence-corrected chi connectivity index (χ4v) is 1.85. The standard InChI is InChI=1S/C13H9FN4O/c14-10-4-2-1-3-9(10)11-12(18-19-13(11)15)8-5-6-16-17-7-8/h1-7H,15H2. The minimum absolute atomic E-state index is 0.0666. The zero-order chi connectivity index (χ0) is 13.2. The third-order valence-corrected chi connectivity index (χ3v) is 2.72. The fourth-order valence-electron chi connectivity index (χ4n) is 1.85. The monoisotopic (exact) mass is 256 g/mol. The summed E-state index contributed by atoms with van der Waals surface area (Å²) in [7, 11) is 0. The fraction of sp³-hybridized carbons (Fsp3) is 0. The van der Waals surface area contributed by atoms with Crippen molar-refractivity contribution in [1.82, 2.24) is 15.4 Å². The molecule has 3 rings (SSSR count). The van der Waals surface area contributed by atoms with Crippen LogP contribution in [0.2, 0.25) is 0 Å². The van der Waals surface area contributed by atoms with Gasteiger partial charge in [-0.05, 0) is 12.1 Å². The second-order valence-electron chi connectivity index (χ2n) is 3.88. The molecule has 0 aliphatic heterocycles. The highest BCUT2D eigenvalue weighted by Gasteiger charge is 2.19. The van der Waals surface area contributed by atoms with Crippen LogP contribution in [0.25, 0.3) is 22.4 Å². The van der Waals surface area contributed by atoms with E-state index in [4.69, 9.17) is 10.3 Å². The van der Waals surface area contributed by atoms with Gasteiger partial charge >= 0.3 is 0 Å². The molecule has 0 fully saturated rings. The van der Waals surface area contributed by atoms with Gasteiger partial charge in [0.25, 0.3) is 0 Å². The second kappa shape index (κ2) is 4.49. The van der Waals surface area contributed by atoms with Crippen LogP contribution in [0.5, 0.6) is 0 Å². The highest BCUT2D eigenvalue weighted by atomic mass is 19.1. The number of benzene rings is 1. The molecule has 3 aromatic rings. The third kappa shape index (κ3) is 1.93. The highest BCUT2D eigenvalue weighted by Crippen LogP contribution is 2.36. The first-order chi connectivity index (χ1) is 9.27. The Balaban J connectivity index is 2.23. The van der Waals surface area contributed by atoms with E-state index in [0.29, 0.717) is 22.4 Å². The van der Waals surface area contributed by atoms with E-state index in [0.717, 1.165) is 0 Å². The Morgan fingerprint density at radius 1 is 1.11 bits per heavy atom. The lowest BCUT2D eigenvalue weighted by Gasteiger charge is -2.03. The second-order valence-corrected chi connectivity index (χ2v) is 3.88. The van der Waals surface area contributed by atoms with Crippen molar-refractivity contribution < 1.29 is 8.91 Å². The van der Waals surface area contributed by atoms with Gasteiger partial charge in [-0.1, -0.05) is 23.4 Å². The molecule has 1 aromatic carbocycles. The molecule has 0 spiro atoms. The van der Waals surface area contributed by atoms with E-state index in [1.165, 1.54) is 18.5 Å². The van der Waals surface area contributed by atoms with E-state index in [2.05, 4.69) is 15.4 Å². The molecule has 94 valence electrons. The van der Waals surface area contributed by atoms with Crippen LogP contribution < -0.4 is 5.73 Å². The van der Waals surface area contributed by atoms with E-state index < -0.39 is 0 Å². The summed E-state index contributed by atoms with van der Waals surface area (Å²) in [5.74, 6) is -0.322.